The first-order chi connectivity index (χ1) is 7.98. The van der Waals surface area contributed by atoms with Crippen molar-refractivity contribution in [2.75, 3.05) is 23.7 Å². The lowest BCUT2D eigenvalue weighted by Crippen LogP contribution is -2.26. The molecule has 2 N–H and O–H groups in total. The molecule has 3 heteroatoms. The number of hydrogen-bond donors (Lipinski definition) is 1. The number of anilines is 2. The Balaban J connectivity index is 2.14. The fraction of sp³-hybridized carbons (Fsp3) is 0.643. The summed E-state index contributed by atoms with van der Waals surface area (Å²) in [6.07, 6.45) is 5.56. The second-order valence-electron chi connectivity index (χ2n) is 5.90. The molecule has 0 bridgehead atoms. The van der Waals surface area contributed by atoms with Gasteiger partial charge in [-0.25, -0.2) is 4.98 Å². The molecule has 1 aromatic heterocycles. The lowest BCUT2D eigenvalue weighted by atomic mass is 9.85. The number of hydrogen-bond acceptors (Lipinski definition) is 3. The first-order valence-electron chi connectivity index (χ1n) is 6.45. The molecule has 0 unspecified atom stereocenters. The van der Waals surface area contributed by atoms with Gasteiger partial charge in [-0.15, -0.1) is 0 Å². The highest BCUT2D eigenvalue weighted by Crippen LogP contribution is 2.31. The molecule has 2 heterocycles. The van der Waals surface area contributed by atoms with Gasteiger partial charge in [0.15, 0.2) is 0 Å². The Labute approximate surface area is 104 Å². The molecule has 17 heavy (non-hydrogen) atoms. The molecule has 0 spiro atoms. The van der Waals surface area contributed by atoms with Crippen LogP contribution in [-0.4, -0.2) is 18.1 Å². The minimum Gasteiger partial charge on any atom is -0.397 e. The van der Waals surface area contributed by atoms with Gasteiger partial charge in [0.05, 0.1) is 11.9 Å². The van der Waals surface area contributed by atoms with Gasteiger partial charge in [-0.3, -0.25) is 0 Å². The van der Waals surface area contributed by atoms with Crippen LogP contribution < -0.4 is 10.6 Å². The molecule has 0 amide bonds. The molecule has 0 aliphatic carbocycles. The van der Waals surface area contributed by atoms with Gasteiger partial charge in [-0.1, -0.05) is 13.8 Å². The predicted octanol–water partition coefficient (Wildman–Crippen LogP) is 2.99. The highest BCUT2D eigenvalue weighted by atomic mass is 15.2. The molecule has 94 valence electrons. The summed E-state index contributed by atoms with van der Waals surface area (Å²) < 4.78 is 0. The lowest BCUT2D eigenvalue weighted by Gasteiger charge is -2.24. The molecule has 1 aliphatic heterocycles. The van der Waals surface area contributed by atoms with Gasteiger partial charge in [-0.05, 0) is 43.2 Å². The van der Waals surface area contributed by atoms with E-state index in [1.165, 1.54) is 19.3 Å². The Hall–Kier alpha value is -1.25. The summed E-state index contributed by atoms with van der Waals surface area (Å²) in [6.45, 7) is 8.97. The quantitative estimate of drug-likeness (QED) is 0.811. The largest absolute Gasteiger partial charge is 0.397 e. The van der Waals surface area contributed by atoms with Gasteiger partial charge in [0, 0.05) is 13.1 Å². The summed E-state index contributed by atoms with van der Waals surface area (Å²) in [5, 5.41) is 0. The molecule has 1 fully saturated rings. The topological polar surface area (TPSA) is 42.2 Å². The predicted molar refractivity (Wildman–Crippen MR) is 73.2 cm³/mol. The third kappa shape index (κ3) is 2.90. The van der Waals surface area contributed by atoms with Crippen molar-refractivity contribution in [3.63, 3.8) is 0 Å². The lowest BCUT2D eigenvalue weighted by molar-refractivity contribution is 0.325. The van der Waals surface area contributed by atoms with Crippen LogP contribution in [0.2, 0.25) is 0 Å². The number of pyridine rings is 1. The van der Waals surface area contributed by atoms with Crippen LogP contribution in [-0.2, 0) is 0 Å². The average Bonchev–Trinajstić information content (AvgIpc) is 2.44. The standard InChI is InChI=1S/C14H23N3/c1-11-9-13(16-10-12(11)15)17-7-4-5-14(2,3)6-8-17/h9-10H,4-8,15H2,1-3H3. The average molecular weight is 233 g/mol. The summed E-state index contributed by atoms with van der Waals surface area (Å²) in [5.41, 5.74) is 8.19. The second-order valence-corrected chi connectivity index (χ2v) is 5.90. The minimum absolute atomic E-state index is 0.470. The highest BCUT2D eigenvalue weighted by Gasteiger charge is 2.23. The van der Waals surface area contributed by atoms with E-state index in [-0.39, 0.29) is 0 Å². The molecule has 0 saturated carbocycles. The maximum absolute atomic E-state index is 5.81. The van der Waals surface area contributed by atoms with Gasteiger partial charge in [0.2, 0.25) is 0 Å². The molecular formula is C14H23N3. The van der Waals surface area contributed by atoms with E-state index in [1.54, 1.807) is 6.20 Å². The van der Waals surface area contributed by atoms with E-state index in [4.69, 9.17) is 5.73 Å². The summed E-state index contributed by atoms with van der Waals surface area (Å²) in [7, 11) is 0. The molecule has 3 nitrogen and oxygen atoms in total. The molecule has 1 aromatic rings. The summed E-state index contributed by atoms with van der Waals surface area (Å²) in [5.74, 6) is 1.08. The van der Waals surface area contributed by atoms with Gasteiger partial charge >= 0.3 is 0 Å². The maximum Gasteiger partial charge on any atom is 0.128 e. The normalized spacial score (nSPS) is 20.1. The van der Waals surface area contributed by atoms with Crippen molar-refractivity contribution in [1.29, 1.82) is 0 Å². The Morgan fingerprint density at radius 2 is 2.06 bits per heavy atom. The first kappa shape index (κ1) is 12.2. The number of nitrogens with two attached hydrogens (primary N) is 1. The van der Waals surface area contributed by atoms with Crippen LogP contribution in [0.25, 0.3) is 0 Å². The molecule has 0 radical (unpaired) electrons. The van der Waals surface area contributed by atoms with Crippen LogP contribution in [0.3, 0.4) is 0 Å². The molecule has 0 aromatic carbocycles. The fourth-order valence-electron chi connectivity index (χ4n) is 2.38. The van der Waals surface area contributed by atoms with E-state index in [9.17, 15) is 0 Å². The Kier molecular flexibility index (Phi) is 3.27. The van der Waals surface area contributed by atoms with Crippen molar-refractivity contribution >= 4 is 11.5 Å². The third-order valence-corrected chi connectivity index (χ3v) is 3.80. The molecule has 1 aliphatic rings. The SMILES string of the molecule is Cc1cc(N2CCCC(C)(C)CC2)ncc1N. The number of nitrogen functional groups attached to an aromatic ring is 1. The van der Waals surface area contributed by atoms with Crippen molar-refractivity contribution in [3.05, 3.63) is 17.8 Å². The number of aryl methyl sites for hydroxylation is 1. The van der Waals surface area contributed by atoms with Crippen molar-refractivity contribution in [3.8, 4) is 0 Å². The second kappa shape index (κ2) is 4.55. The zero-order valence-corrected chi connectivity index (χ0v) is 11.2. The van der Waals surface area contributed by atoms with Crippen molar-refractivity contribution in [2.24, 2.45) is 5.41 Å². The summed E-state index contributed by atoms with van der Waals surface area (Å²) in [6, 6.07) is 2.10. The maximum atomic E-state index is 5.81. The fourth-order valence-corrected chi connectivity index (χ4v) is 2.38. The van der Waals surface area contributed by atoms with Gasteiger partial charge < -0.3 is 10.6 Å². The minimum atomic E-state index is 0.470. The molecule has 2 rings (SSSR count). The Bertz CT molecular complexity index is 398. The van der Waals surface area contributed by atoms with Crippen molar-refractivity contribution in [1.82, 2.24) is 4.98 Å². The zero-order valence-electron chi connectivity index (χ0n) is 11.2. The first-order valence-corrected chi connectivity index (χ1v) is 6.45. The number of rotatable bonds is 1. The van der Waals surface area contributed by atoms with Crippen LogP contribution in [0.5, 0.6) is 0 Å². The smallest absolute Gasteiger partial charge is 0.128 e. The van der Waals surface area contributed by atoms with E-state index in [1.807, 2.05) is 6.92 Å². The number of aromatic nitrogens is 1. The number of nitrogens with zero attached hydrogens (tertiary/aromatic N) is 2. The molecular weight excluding hydrogens is 210 g/mol. The van der Waals surface area contributed by atoms with Crippen LogP contribution >= 0.6 is 0 Å². The van der Waals surface area contributed by atoms with E-state index in [0.717, 1.165) is 30.2 Å². The van der Waals surface area contributed by atoms with E-state index in [0.29, 0.717) is 5.41 Å². The monoisotopic (exact) mass is 233 g/mol. The Morgan fingerprint density at radius 3 is 2.76 bits per heavy atom. The highest BCUT2D eigenvalue weighted by molar-refractivity contribution is 5.52. The third-order valence-electron chi connectivity index (χ3n) is 3.80. The Morgan fingerprint density at radius 1 is 1.29 bits per heavy atom. The molecule has 0 atom stereocenters. The van der Waals surface area contributed by atoms with E-state index >= 15 is 0 Å². The van der Waals surface area contributed by atoms with E-state index < -0.39 is 0 Å². The molecule has 1 saturated heterocycles. The van der Waals surface area contributed by atoms with Crippen LogP contribution in [0, 0.1) is 12.3 Å². The van der Waals surface area contributed by atoms with Crippen molar-refractivity contribution in [2.45, 2.75) is 40.0 Å². The van der Waals surface area contributed by atoms with E-state index in [2.05, 4.69) is 29.8 Å². The van der Waals surface area contributed by atoms with Crippen LogP contribution in [0.4, 0.5) is 11.5 Å². The van der Waals surface area contributed by atoms with Crippen LogP contribution in [0.1, 0.15) is 38.7 Å². The zero-order chi connectivity index (χ0) is 12.5. The summed E-state index contributed by atoms with van der Waals surface area (Å²) in [4.78, 5) is 6.84. The van der Waals surface area contributed by atoms with Gasteiger partial charge in [0.1, 0.15) is 5.82 Å². The summed E-state index contributed by atoms with van der Waals surface area (Å²) >= 11 is 0. The van der Waals surface area contributed by atoms with Gasteiger partial charge in [-0.2, -0.15) is 0 Å². The van der Waals surface area contributed by atoms with Crippen LogP contribution in [0.15, 0.2) is 12.3 Å². The van der Waals surface area contributed by atoms with Crippen molar-refractivity contribution < 1.29 is 0 Å². The van der Waals surface area contributed by atoms with Gasteiger partial charge in [0.25, 0.3) is 0 Å².